The van der Waals surface area contributed by atoms with E-state index in [0.717, 1.165) is 9.99 Å². The maximum Gasteiger partial charge on any atom is 0.382 e. The van der Waals surface area contributed by atoms with Gasteiger partial charge >= 0.3 is 5.63 Å². The number of hydrogen-bond acceptors (Lipinski definition) is 4. The first-order valence-corrected chi connectivity index (χ1v) is 4.97. The van der Waals surface area contributed by atoms with Gasteiger partial charge in [-0.1, -0.05) is 15.9 Å². The van der Waals surface area contributed by atoms with Gasteiger partial charge in [-0.2, -0.15) is 0 Å². The van der Waals surface area contributed by atoms with E-state index in [1.165, 1.54) is 6.33 Å². The van der Waals surface area contributed by atoms with Crippen molar-refractivity contribution in [1.82, 2.24) is 14.6 Å². The molecule has 0 aliphatic rings. The second-order valence-corrected chi connectivity index (χ2v) is 3.94. The van der Waals surface area contributed by atoms with Gasteiger partial charge in [-0.15, -0.1) is 10.2 Å². The summed E-state index contributed by atoms with van der Waals surface area (Å²) in [4.78, 5) is 11.5. The Hall–Kier alpha value is -1.69. The third-order valence-corrected chi connectivity index (χ3v) is 2.61. The smallest absolute Gasteiger partial charge is 0.382 e. The van der Waals surface area contributed by atoms with E-state index in [-0.39, 0.29) is 5.65 Å². The quantitative estimate of drug-likeness (QED) is 0.620. The van der Waals surface area contributed by atoms with Crippen molar-refractivity contribution in [2.75, 3.05) is 0 Å². The predicted octanol–water partition coefficient (Wildman–Crippen LogP) is 1.60. The van der Waals surface area contributed by atoms with Crippen LogP contribution in [0.2, 0.25) is 0 Å². The van der Waals surface area contributed by atoms with Crippen molar-refractivity contribution in [3.05, 3.63) is 39.4 Å². The molecule has 0 bridgehead atoms. The summed E-state index contributed by atoms with van der Waals surface area (Å²) in [6.07, 6.45) is 1.49. The SMILES string of the molecule is O=c1oc2cc(Br)ccc2n2cnnc12. The Balaban J connectivity index is 2.66. The molecule has 0 spiro atoms. The molecule has 0 unspecified atom stereocenters. The van der Waals surface area contributed by atoms with Gasteiger partial charge in [0.1, 0.15) is 6.33 Å². The summed E-state index contributed by atoms with van der Waals surface area (Å²) in [5.74, 6) is 0. The summed E-state index contributed by atoms with van der Waals surface area (Å²) in [5.41, 5.74) is 0.974. The number of rotatable bonds is 0. The summed E-state index contributed by atoms with van der Waals surface area (Å²) in [5, 5.41) is 7.36. The van der Waals surface area contributed by atoms with Gasteiger partial charge in [-0.25, -0.2) is 4.79 Å². The van der Waals surface area contributed by atoms with Crippen molar-refractivity contribution in [3.63, 3.8) is 0 Å². The molecule has 0 aliphatic carbocycles. The molecule has 1 aromatic carbocycles. The van der Waals surface area contributed by atoms with E-state index < -0.39 is 5.63 Å². The van der Waals surface area contributed by atoms with E-state index in [1.54, 1.807) is 10.5 Å². The molecule has 0 fully saturated rings. The van der Waals surface area contributed by atoms with Crippen molar-refractivity contribution in [2.24, 2.45) is 0 Å². The fourth-order valence-corrected chi connectivity index (χ4v) is 1.80. The summed E-state index contributed by atoms with van der Waals surface area (Å²) in [6, 6.07) is 5.43. The van der Waals surface area contributed by atoms with Crippen LogP contribution >= 0.6 is 15.9 Å². The number of halogens is 1. The molecule has 0 atom stereocenters. The van der Waals surface area contributed by atoms with Gasteiger partial charge in [0.2, 0.25) is 5.65 Å². The monoisotopic (exact) mass is 265 g/mol. The van der Waals surface area contributed by atoms with Crippen molar-refractivity contribution in [1.29, 1.82) is 0 Å². The molecule has 15 heavy (non-hydrogen) atoms. The Bertz CT molecular complexity index is 716. The summed E-state index contributed by atoms with van der Waals surface area (Å²) < 4.78 is 7.56. The standard InChI is InChI=1S/C9H4BrN3O2/c10-5-1-2-6-7(3-5)15-9(14)8-12-11-4-13(6)8/h1-4H. The third kappa shape index (κ3) is 1.18. The van der Waals surface area contributed by atoms with Crippen LogP contribution in [0.5, 0.6) is 0 Å². The molecule has 2 heterocycles. The number of hydrogen-bond donors (Lipinski definition) is 0. The van der Waals surface area contributed by atoms with Gasteiger partial charge in [0.15, 0.2) is 5.58 Å². The maximum atomic E-state index is 11.5. The highest BCUT2D eigenvalue weighted by Crippen LogP contribution is 2.18. The highest BCUT2D eigenvalue weighted by molar-refractivity contribution is 9.10. The Morgan fingerprint density at radius 2 is 2.27 bits per heavy atom. The van der Waals surface area contributed by atoms with Crippen LogP contribution in [0, 0.1) is 0 Å². The lowest BCUT2D eigenvalue weighted by Gasteiger charge is -1.99. The molecular weight excluding hydrogens is 262 g/mol. The number of nitrogens with zero attached hydrogens (tertiary/aromatic N) is 3. The van der Waals surface area contributed by atoms with Crippen LogP contribution in [-0.4, -0.2) is 14.6 Å². The lowest BCUT2D eigenvalue weighted by Crippen LogP contribution is -2.04. The Labute approximate surface area is 91.5 Å². The Morgan fingerprint density at radius 1 is 1.40 bits per heavy atom. The van der Waals surface area contributed by atoms with Crippen LogP contribution in [0.15, 0.2) is 38.2 Å². The summed E-state index contributed by atoms with van der Waals surface area (Å²) in [6.45, 7) is 0. The molecule has 0 saturated carbocycles. The van der Waals surface area contributed by atoms with Crippen LogP contribution in [0.3, 0.4) is 0 Å². The zero-order valence-corrected chi connectivity index (χ0v) is 8.93. The number of benzene rings is 1. The minimum absolute atomic E-state index is 0.199. The molecule has 0 radical (unpaired) electrons. The Morgan fingerprint density at radius 3 is 3.13 bits per heavy atom. The lowest BCUT2D eigenvalue weighted by molar-refractivity contribution is 0.560. The highest BCUT2D eigenvalue weighted by Gasteiger charge is 2.08. The topological polar surface area (TPSA) is 60.4 Å². The van der Waals surface area contributed by atoms with Crippen molar-refractivity contribution >= 4 is 32.7 Å². The minimum atomic E-state index is -0.488. The van der Waals surface area contributed by atoms with Crippen molar-refractivity contribution < 1.29 is 4.42 Å². The third-order valence-electron chi connectivity index (χ3n) is 2.11. The number of aromatic nitrogens is 3. The molecule has 0 saturated heterocycles. The highest BCUT2D eigenvalue weighted by atomic mass is 79.9. The number of fused-ring (bicyclic) bond motifs is 3. The molecule has 0 N–H and O–H groups in total. The zero-order valence-electron chi connectivity index (χ0n) is 7.35. The second-order valence-electron chi connectivity index (χ2n) is 3.03. The molecule has 0 amide bonds. The first-order chi connectivity index (χ1) is 7.25. The van der Waals surface area contributed by atoms with E-state index in [9.17, 15) is 4.79 Å². The van der Waals surface area contributed by atoms with E-state index in [2.05, 4.69) is 26.1 Å². The normalized spacial score (nSPS) is 11.3. The molecular formula is C9H4BrN3O2. The second kappa shape index (κ2) is 2.90. The molecule has 3 rings (SSSR count). The van der Waals surface area contributed by atoms with Gasteiger partial charge in [-0.05, 0) is 18.2 Å². The fraction of sp³-hybridized carbons (Fsp3) is 0. The average Bonchev–Trinajstić information content (AvgIpc) is 2.66. The van der Waals surface area contributed by atoms with Gasteiger partial charge in [0, 0.05) is 4.47 Å². The maximum absolute atomic E-state index is 11.5. The van der Waals surface area contributed by atoms with Crippen molar-refractivity contribution in [3.8, 4) is 0 Å². The first-order valence-electron chi connectivity index (χ1n) is 4.18. The van der Waals surface area contributed by atoms with E-state index in [4.69, 9.17) is 4.42 Å². The molecule has 0 aliphatic heterocycles. The largest absolute Gasteiger partial charge is 0.418 e. The van der Waals surface area contributed by atoms with Crippen LogP contribution in [0.4, 0.5) is 0 Å². The van der Waals surface area contributed by atoms with Crippen molar-refractivity contribution in [2.45, 2.75) is 0 Å². The first kappa shape index (κ1) is 8.60. The van der Waals surface area contributed by atoms with Crippen LogP contribution < -0.4 is 5.63 Å². The molecule has 6 heteroatoms. The van der Waals surface area contributed by atoms with E-state index in [1.807, 2.05) is 12.1 Å². The minimum Gasteiger partial charge on any atom is -0.418 e. The zero-order chi connectivity index (χ0) is 10.4. The molecule has 2 aromatic heterocycles. The summed E-state index contributed by atoms with van der Waals surface area (Å²) in [7, 11) is 0. The van der Waals surface area contributed by atoms with Gasteiger partial charge in [0.05, 0.1) is 5.52 Å². The van der Waals surface area contributed by atoms with Gasteiger partial charge in [-0.3, -0.25) is 4.40 Å². The molecule has 5 nitrogen and oxygen atoms in total. The predicted molar refractivity (Wildman–Crippen MR) is 56.7 cm³/mol. The Kier molecular flexibility index (Phi) is 1.66. The fourth-order valence-electron chi connectivity index (χ4n) is 1.46. The van der Waals surface area contributed by atoms with Crippen LogP contribution in [-0.2, 0) is 0 Å². The van der Waals surface area contributed by atoms with E-state index in [0.29, 0.717) is 5.58 Å². The van der Waals surface area contributed by atoms with Gasteiger partial charge in [0.25, 0.3) is 0 Å². The lowest BCUT2D eigenvalue weighted by atomic mass is 10.3. The molecule has 3 aromatic rings. The van der Waals surface area contributed by atoms with E-state index >= 15 is 0 Å². The molecule has 74 valence electrons. The van der Waals surface area contributed by atoms with Crippen LogP contribution in [0.25, 0.3) is 16.7 Å². The van der Waals surface area contributed by atoms with Gasteiger partial charge < -0.3 is 4.42 Å². The summed E-state index contributed by atoms with van der Waals surface area (Å²) >= 11 is 3.31. The van der Waals surface area contributed by atoms with Crippen LogP contribution in [0.1, 0.15) is 0 Å². The average molecular weight is 266 g/mol.